The van der Waals surface area contributed by atoms with Gasteiger partial charge in [0.05, 0.1) is 16.6 Å². The number of aryl methyl sites for hydroxylation is 1. The van der Waals surface area contributed by atoms with Crippen LogP contribution in [0.25, 0.3) is 0 Å². The number of nitrogens with zero attached hydrogens (tertiary/aromatic N) is 1. The Morgan fingerprint density at radius 1 is 1.35 bits per heavy atom. The molecule has 1 aromatic heterocycles. The molecule has 0 aliphatic carbocycles. The van der Waals surface area contributed by atoms with Crippen LogP contribution in [0.4, 0.5) is 5.13 Å². The second kappa shape index (κ2) is 6.92. The molecule has 2 aromatic rings. The molecule has 0 aliphatic rings. The molecule has 0 saturated heterocycles. The molecule has 20 heavy (non-hydrogen) atoms. The van der Waals surface area contributed by atoms with Crippen molar-refractivity contribution in [1.29, 1.82) is 0 Å². The van der Waals surface area contributed by atoms with E-state index in [0.717, 1.165) is 10.4 Å². The first-order valence-corrected chi connectivity index (χ1v) is 7.52. The highest BCUT2D eigenvalue weighted by molar-refractivity contribution is 7.15. The maximum atomic E-state index is 11.7. The van der Waals surface area contributed by atoms with Crippen molar-refractivity contribution >= 4 is 45.6 Å². The van der Waals surface area contributed by atoms with E-state index in [1.807, 2.05) is 6.07 Å². The quantitative estimate of drug-likeness (QED) is 0.884. The summed E-state index contributed by atoms with van der Waals surface area (Å²) in [7, 11) is 0. The molecule has 0 spiro atoms. The van der Waals surface area contributed by atoms with Crippen molar-refractivity contribution in [3.8, 4) is 0 Å². The van der Waals surface area contributed by atoms with Crippen LogP contribution >= 0.6 is 34.5 Å². The van der Waals surface area contributed by atoms with Crippen LogP contribution in [0, 0.1) is 0 Å². The third-order valence-corrected chi connectivity index (χ3v) is 4.22. The Bertz CT molecular complexity index is 615. The zero-order chi connectivity index (χ0) is 14.5. The topological polar surface area (TPSA) is 68.0 Å². The summed E-state index contributed by atoms with van der Waals surface area (Å²) < 4.78 is 0. The van der Waals surface area contributed by atoms with Gasteiger partial charge in [-0.25, -0.2) is 4.98 Å². The summed E-state index contributed by atoms with van der Waals surface area (Å²) in [6.45, 7) is 0.453. The number of nitrogen functional groups attached to an aromatic ring is 1. The smallest absolute Gasteiger partial charge is 0.220 e. The molecule has 4 nitrogen and oxygen atoms in total. The normalized spacial score (nSPS) is 10.5. The zero-order valence-electron chi connectivity index (χ0n) is 10.5. The van der Waals surface area contributed by atoms with Crippen LogP contribution in [-0.2, 0) is 17.8 Å². The Balaban J connectivity index is 1.78. The van der Waals surface area contributed by atoms with Gasteiger partial charge >= 0.3 is 0 Å². The van der Waals surface area contributed by atoms with Crippen molar-refractivity contribution in [1.82, 2.24) is 10.3 Å². The Morgan fingerprint density at radius 3 is 2.80 bits per heavy atom. The van der Waals surface area contributed by atoms with Gasteiger partial charge in [0, 0.05) is 17.5 Å². The van der Waals surface area contributed by atoms with Gasteiger partial charge in [0.15, 0.2) is 5.13 Å². The third kappa shape index (κ3) is 4.37. The predicted molar refractivity (Wildman–Crippen MR) is 83.2 cm³/mol. The average Bonchev–Trinajstić information content (AvgIpc) is 2.83. The van der Waals surface area contributed by atoms with E-state index in [2.05, 4.69) is 10.3 Å². The number of carbonyl (C=O) groups is 1. The van der Waals surface area contributed by atoms with E-state index in [-0.39, 0.29) is 5.91 Å². The minimum Gasteiger partial charge on any atom is -0.375 e. The Kier molecular flexibility index (Phi) is 5.23. The number of carbonyl (C=O) groups excluding carboxylic acids is 1. The zero-order valence-corrected chi connectivity index (χ0v) is 12.9. The summed E-state index contributed by atoms with van der Waals surface area (Å²) in [6, 6.07) is 5.38. The van der Waals surface area contributed by atoms with Gasteiger partial charge < -0.3 is 11.1 Å². The molecule has 0 bridgehead atoms. The summed E-state index contributed by atoms with van der Waals surface area (Å²) in [5.41, 5.74) is 6.50. The van der Waals surface area contributed by atoms with Crippen LogP contribution in [0.15, 0.2) is 24.4 Å². The first-order valence-electron chi connectivity index (χ1n) is 5.95. The van der Waals surface area contributed by atoms with E-state index in [0.29, 0.717) is 34.6 Å². The Hall–Kier alpha value is -1.30. The van der Waals surface area contributed by atoms with Gasteiger partial charge in [-0.1, -0.05) is 29.3 Å². The monoisotopic (exact) mass is 329 g/mol. The van der Waals surface area contributed by atoms with Crippen LogP contribution in [0.2, 0.25) is 10.0 Å². The van der Waals surface area contributed by atoms with Gasteiger partial charge in [0.1, 0.15) is 0 Å². The third-order valence-electron chi connectivity index (χ3n) is 2.66. The summed E-state index contributed by atoms with van der Waals surface area (Å²) in [6.07, 6.45) is 2.68. The summed E-state index contributed by atoms with van der Waals surface area (Å²) in [4.78, 5) is 16.6. The van der Waals surface area contributed by atoms with E-state index in [9.17, 15) is 4.79 Å². The van der Waals surface area contributed by atoms with Gasteiger partial charge in [-0.3, -0.25) is 4.79 Å². The van der Waals surface area contributed by atoms with Gasteiger partial charge in [-0.05, 0) is 24.1 Å². The molecule has 0 aliphatic heterocycles. The van der Waals surface area contributed by atoms with E-state index in [1.54, 1.807) is 18.3 Å². The second-order valence-electron chi connectivity index (χ2n) is 4.19. The summed E-state index contributed by atoms with van der Waals surface area (Å²) >= 11 is 13.1. The molecule has 1 aromatic carbocycles. The van der Waals surface area contributed by atoms with Crippen LogP contribution in [0.5, 0.6) is 0 Å². The lowest BCUT2D eigenvalue weighted by Gasteiger charge is -2.05. The van der Waals surface area contributed by atoms with Crippen LogP contribution in [-0.4, -0.2) is 10.9 Å². The number of nitrogens with one attached hydrogen (secondary N) is 1. The van der Waals surface area contributed by atoms with Crippen LogP contribution < -0.4 is 11.1 Å². The first-order chi connectivity index (χ1) is 9.54. The molecule has 7 heteroatoms. The lowest BCUT2D eigenvalue weighted by molar-refractivity contribution is -0.121. The SMILES string of the molecule is Nc1ncc(CNC(=O)CCc2ccc(Cl)c(Cl)c2)s1. The molecule has 2 rings (SSSR count). The van der Waals surface area contributed by atoms with Crippen molar-refractivity contribution in [2.75, 3.05) is 5.73 Å². The fourth-order valence-corrected chi connectivity index (χ4v) is 2.58. The largest absolute Gasteiger partial charge is 0.375 e. The van der Waals surface area contributed by atoms with Gasteiger partial charge in [0.2, 0.25) is 5.91 Å². The molecule has 3 N–H and O–H groups in total. The molecule has 0 saturated carbocycles. The number of nitrogens with two attached hydrogens (primary N) is 1. The summed E-state index contributed by atoms with van der Waals surface area (Å²) in [5, 5.41) is 4.35. The molecule has 0 atom stereocenters. The molecule has 1 amide bonds. The number of amides is 1. The second-order valence-corrected chi connectivity index (χ2v) is 6.15. The predicted octanol–water partition coefficient (Wildman–Crippen LogP) is 3.28. The van der Waals surface area contributed by atoms with Gasteiger partial charge in [-0.15, -0.1) is 11.3 Å². The fourth-order valence-electron chi connectivity index (χ4n) is 1.63. The standard InChI is InChI=1S/C13H13Cl2N3OS/c14-10-3-1-8(5-11(10)15)2-4-12(19)17-6-9-7-18-13(16)20-9/h1,3,5,7H,2,4,6H2,(H2,16,18)(H,17,19). The minimum absolute atomic E-state index is 0.0250. The lowest BCUT2D eigenvalue weighted by Crippen LogP contribution is -2.22. The molecule has 0 radical (unpaired) electrons. The number of hydrogen-bond donors (Lipinski definition) is 2. The molecular formula is C13H13Cl2N3OS. The average molecular weight is 330 g/mol. The lowest BCUT2D eigenvalue weighted by atomic mass is 10.1. The number of thiazole rings is 1. The summed E-state index contributed by atoms with van der Waals surface area (Å²) in [5.74, 6) is -0.0250. The van der Waals surface area contributed by atoms with E-state index in [4.69, 9.17) is 28.9 Å². The highest BCUT2D eigenvalue weighted by Gasteiger charge is 2.05. The van der Waals surface area contributed by atoms with E-state index in [1.165, 1.54) is 11.3 Å². The number of halogens is 2. The van der Waals surface area contributed by atoms with Crippen molar-refractivity contribution in [3.63, 3.8) is 0 Å². The maximum absolute atomic E-state index is 11.7. The highest BCUT2D eigenvalue weighted by Crippen LogP contribution is 2.23. The maximum Gasteiger partial charge on any atom is 0.220 e. The van der Waals surface area contributed by atoms with Crippen molar-refractivity contribution in [3.05, 3.63) is 44.9 Å². The molecule has 0 fully saturated rings. The highest BCUT2D eigenvalue weighted by atomic mass is 35.5. The number of hydrogen-bond acceptors (Lipinski definition) is 4. The number of anilines is 1. The van der Waals surface area contributed by atoms with Crippen molar-refractivity contribution in [2.45, 2.75) is 19.4 Å². The van der Waals surface area contributed by atoms with Gasteiger partial charge in [-0.2, -0.15) is 0 Å². The van der Waals surface area contributed by atoms with Crippen LogP contribution in [0.3, 0.4) is 0 Å². The number of rotatable bonds is 5. The molecular weight excluding hydrogens is 317 g/mol. The van der Waals surface area contributed by atoms with E-state index >= 15 is 0 Å². The minimum atomic E-state index is -0.0250. The Morgan fingerprint density at radius 2 is 2.15 bits per heavy atom. The van der Waals surface area contributed by atoms with Crippen molar-refractivity contribution in [2.24, 2.45) is 0 Å². The Labute approximate surface area is 130 Å². The van der Waals surface area contributed by atoms with Crippen LogP contribution in [0.1, 0.15) is 16.9 Å². The number of aromatic nitrogens is 1. The van der Waals surface area contributed by atoms with Crippen molar-refractivity contribution < 1.29 is 4.79 Å². The molecule has 1 heterocycles. The molecule has 106 valence electrons. The fraction of sp³-hybridized carbons (Fsp3) is 0.231. The first kappa shape index (κ1) is 15.1. The number of benzene rings is 1. The van der Waals surface area contributed by atoms with Gasteiger partial charge in [0.25, 0.3) is 0 Å². The van der Waals surface area contributed by atoms with E-state index < -0.39 is 0 Å². The molecule has 0 unspecified atom stereocenters.